The average molecular weight is 186 g/mol. The third kappa shape index (κ3) is 1.96. The highest BCUT2D eigenvalue weighted by Crippen LogP contribution is 2.19. The van der Waals surface area contributed by atoms with Crippen molar-refractivity contribution in [3.63, 3.8) is 0 Å². The molecule has 0 aliphatic carbocycles. The van der Waals surface area contributed by atoms with E-state index < -0.39 is 23.9 Å². The molecule has 0 unspecified atom stereocenters. The lowest BCUT2D eigenvalue weighted by Gasteiger charge is -2.05. The third-order valence-electron chi connectivity index (χ3n) is 1.42. The Labute approximate surface area is 77.9 Å². The molecule has 13 heavy (non-hydrogen) atoms. The summed E-state index contributed by atoms with van der Waals surface area (Å²) in [5, 5.41) is 0. The minimum absolute atomic E-state index is 0.159. The zero-order valence-corrected chi connectivity index (χ0v) is 7.18. The summed E-state index contributed by atoms with van der Waals surface area (Å²) >= 11 is 0. The number of methoxy groups -OCH3 is 2. The van der Waals surface area contributed by atoms with Crippen molar-refractivity contribution in [1.29, 1.82) is 0 Å². The van der Waals surface area contributed by atoms with Crippen molar-refractivity contribution in [3.05, 3.63) is 29.5 Å². The molecule has 1 rings (SSSR count). The summed E-state index contributed by atoms with van der Waals surface area (Å²) in [6.45, 7) is 0. The van der Waals surface area contributed by atoms with Crippen molar-refractivity contribution >= 4 is 5.97 Å². The lowest BCUT2D eigenvalue weighted by Crippen LogP contribution is -2.04. The Balaban J connectivity index is 3.45. The van der Waals surface area contributed by atoms with E-state index in [-0.39, 0.29) is 11.3 Å². The van der Waals surface area contributed by atoms with Gasteiger partial charge in [0.05, 0.1) is 17.0 Å². The minimum atomic E-state index is -0.957. The lowest BCUT2D eigenvalue weighted by molar-refractivity contribution is 0.0596. The van der Waals surface area contributed by atoms with Gasteiger partial charge >= 0.3 is 5.97 Å². The Morgan fingerprint density at radius 1 is 1.54 bits per heavy atom. The van der Waals surface area contributed by atoms with Crippen LogP contribution in [0.15, 0.2) is 18.2 Å². The summed E-state index contributed by atoms with van der Waals surface area (Å²) in [7, 11) is 2.37. The fourth-order valence-corrected chi connectivity index (χ4v) is 0.835. The van der Waals surface area contributed by atoms with Crippen LogP contribution in [-0.2, 0) is 4.74 Å². The molecule has 0 aliphatic rings. The number of carbonyl (C=O) groups is 1. The largest absolute Gasteiger partial charge is 0.496 e. The third-order valence-corrected chi connectivity index (χ3v) is 1.42. The first-order valence-electron chi connectivity index (χ1n) is 4.45. The van der Waals surface area contributed by atoms with Gasteiger partial charge in [-0.05, 0) is 18.2 Å². The summed E-state index contributed by atoms with van der Waals surface area (Å²) in [4.78, 5) is 11.2. The van der Waals surface area contributed by atoms with Gasteiger partial charge in [-0.25, -0.2) is 9.18 Å². The van der Waals surface area contributed by atoms with E-state index in [4.69, 9.17) is 7.48 Å². The van der Waals surface area contributed by atoms with Crippen molar-refractivity contribution < 1.29 is 21.4 Å². The minimum Gasteiger partial charge on any atom is -0.496 e. The number of benzene rings is 1. The van der Waals surface area contributed by atoms with Crippen LogP contribution < -0.4 is 4.74 Å². The van der Waals surface area contributed by atoms with Gasteiger partial charge in [-0.3, -0.25) is 0 Å². The van der Waals surface area contributed by atoms with Crippen LogP contribution in [-0.4, -0.2) is 20.2 Å². The van der Waals surface area contributed by atoms with E-state index in [1.54, 1.807) is 0 Å². The van der Waals surface area contributed by atoms with Gasteiger partial charge in [0.25, 0.3) is 0 Å². The molecule has 1 aromatic rings. The molecule has 0 N–H and O–H groups in total. The van der Waals surface area contributed by atoms with E-state index >= 15 is 0 Å². The van der Waals surface area contributed by atoms with Crippen molar-refractivity contribution in [2.45, 2.75) is 0 Å². The number of hydrogen-bond donors (Lipinski definition) is 0. The van der Waals surface area contributed by atoms with Crippen molar-refractivity contribution in [1.82, 2.24) is 0 Å². The second-order valence-electron chi connectivity index (χ2n) is 2.18. The highest BCUT2D eigenvalue weighted by Gasteiger charge is 2.12. The van der Waals surface area contributed by atoms with E-state index in [0.717, 1.165) is 13.2 Å². The summed E-state index contributed by atoms with van der Waals surface area (Å²) < 4.78 is 36.8. The molecule has 0 amide bonds. The maximum absolute atomic E-state index is 13.1. The normalized spacial score (nSPS) is 11.6. The summed E-state index contributed by atoms with van der Waals surface area (Å²) in [5.74, 6) is -1.92. The molecule has 0 saturated carbocycles. The molecule has 4 heteroatoms. The molecule has 0 radical (unpaired) electrons. The van der Waals surface area contributed by atoms with Gasteiger partial charge in [0.15, 0.2) is 0 Å². The predicted octanol–water partition coefficient (Wildman–Crippen LogP) is 1.62. The lowest BCUT2D eigenvalue weighted by atomic mass is 10.2. The molecular formula is C9H9FO3. The summed E-state index contributed by atoms with van der Waals surface area (Å²) in [6, 6.07) is -0.261. The SMILES string of the molecule is [2H]c1c(F)cc(C(=O)OC)c(OC)c1[2H]. The van der Waals surface area contributed by atoms with Crippen LogP contribution in [0.2, 0.25) is 0 Å². The zero-order valence-electron chi connectivity index (χ0n) is 9.18. The van der Waals surface area contributed by atoms with Crippen LogP contribution in [0.4, 0.5) is 4.39 Å². The smallest absolute Gasteiger partial charge is 0.341 e. The number of ether oxygens (including phenoxy) is 2. The van der Waals surface area contributed by atoms with E-state index in [0.29, 0.717) is 0 Å². The van der Waals surface area contributed by atoms with Crippen molar-refractivity contribution in [3.8, 4) is 5.75 Å². The maximum atomic E-state index is 13.1. The molecule has 1 aromatic carbocycles. The van der Waals surface area contributed by atoms with E-state index in [2.05, 4.69) is 4.74 Å². The second-order valence-corrected chi connectivity index (χ2v) is 2.18. The van der Waals surface area contributed by atoms with Gasteiger partial charge in [-0.1, -0.05) is 0 Å². The number of carbonyl (C=O) groups excluding carboxylic acids is 1. The van der Waals surface area contributed by atoms with Crippen LogP contribution in [0.25, 0.3) is 0 Å². The number of halogens is 1. The molecule has 0 saturated heterocycles. The predicted molar refractivity (Wildman–Crippen MR) is 44.3 cm³/mol. The fourth-order valence-electron chi connectivity index (χ4n) is 0.835. The Hall–Kier alpha value is -1.58. The molecule has 0 aliphatic heterocycles. The zero-order chi connectivity index (χ0) is 11.6. The Morgan fingerprint density at radius 3 is 2.77 bits per heavy atom. The van der Waals surface area contributed by atoms with Crippen molar-refractivity contribution in [2.24, 2.45) is 0 Å². The highest BCUT2D eigenvalue weighted by molar-refractivity contribution is 5.92. The van der Waals surface area contributed by atoms with Gasteiger partial charge in [-0.2, -0.15) is 0 Å². The van der Waals surface area contributed by atoms with Gasteiger partial charge < -0.3 is 9.47 Å². The molecule has 70 valence electrons. The van der Waals surface area contributed by atoms with Crippen molar-refractivity contribution in [2.75, 3.05) is 14.2 Å². The van der Waals surface area contributed by atoms with Gasteiger partial charge in [0.1, 0.15) is 17.1 Å². The fraction of sp³-hybridized carbons (Fsp3) is 0.222. The first-order valence-corrected chi connectivity index (χ1v) is 3.45. The van der Waals surface area contributed by atoms with Crippen LogP contribution in [0.5, 0.6) is 5.75 Å². The molecule has 0 aromatic heterocycles. The Bertz CT molecular complexity index is 407. The number of hydrogen-bond acceptors (Lipinski definition) is 3. The maximum Gasteiger partial charge on any atom is 0.341 e. The number of rotatable bonds is 2. The summed E-state index contributed by atoms with van der Waals surface area (Å²) in [6.07, 6.45) is 0. The molecule has 0 bridgehead atoms. The van der Waals surface area contributed by atoms with Gasteiger partial charge in [0, 0.05) is 0 Å². The van der Waals surface area contributed by atoms with Gasteiger partial charge in [-0.15, -0.1) is 0 Å². The first kappa shape index (κ1) is 6.88. The molecule has 0 spiro atoms. The van der Waals surface area contributed by atoms with E-state index in [1.165, 1.54) is 7.11 Å². The monoisotopic (exact) mass is 186 g/mol. The Kier molecular flexibility index (Phi) is 2.06. The topological polar surface area (TPSA) is 35.5 Å². The van der Waals surface area contributed by atoms with Crippen LogP contribution >= 0.6 is 0 Å². The van der Waals surface area contributed by atoms with E-state index in [9.17, 15) is 9.18 Å². The first-order chi connectivity index (χ1) is 7.02. The summed E-state index contributed by atoms with van der Waals surface area (Å²) in [5.41, 5.74) is -0.196. The Morgan fingerprint density at radius 2 is 2.23 bits per heavy atom. The van der Waals surface area contributed by atoms with Crippen LogP contribution in [0, 0.1) is 5.82 Å². The molecule has 0 heterocycles. The van der Waals surface area contributed by atoms with Crippen LogP contribution in [0.1, 0.15) is 13.1 Å². The van der Waals surface area contributed by atoms with Gasteiger partial charge in [0.2, 0.25) is 0 Å². The molecule has 0 fully saturated rings. The highest BCUT2D eigenvalue weighted by atomic mass is 19.1. The molecular weight excluding hydrogens is 175 g/mol. The van der Waals surface area contributed by atoms with Crippen LogP contribution in [0.3, 0.4) is 0 Å². The molecule has 3 nitrogen and oxygen atoms in total. The quantitative estimate of drug-likeness (QED) is 0.658. The standard InChI is InChI=1S/C9H9FO3/c1-12-8-4-3-6(10)5-7(8)9(11)13-2/h3-5H,1-2H3/i3D,4D. The number of esters is 1. The molecule has 0 atom stereocenters. The average Bonchev–Trinajstić information content (AvgIpc) is 2.24. The van der Waals surface area contributed by atoms with E-state index in [1.807, 2.05) is 0 Å². The second kappa shape index (κ2) is 3.89.